The molecule has 3 N–H and O–H groups in total. The zero-order valence-corrected chi connectivity index (χ0v) is 21.3. The highest BCUT2D eigenvalue weighted by Crippen LogP contribution is 2.27. The molecule has 2 aromatic rings. The fourth-order valence-electron chi connectivity index (χ4n) is 4.50. The van der Waals surface area contributed by atoms with Crippen molar-refractivity contribution in [1.82, 2.24) is 15.5 Å². The number of carbonyl (C=O) groups is 3. The van der Waals surface area contributed by atoms with Gasteiger partial charge in [0.15, 0.2) is 0 Å². The van der Waals surface area contributed by atoms with Crippen LogP contribution < -0.4 is 10.6 Å². The molecule has 0 aliphatic carbocycles. The molecule has 0 aromatic heterocycles. The molecule has 2 aromatic carbocycles. The summed E-state index contributed by atoms with van der Waals surface area (Å²) in [6.07, 6.45) is -0.133. The van der Waals surface area contributed by atoms with Gasteiger partial charge in [0, 0.05) is 26.4 Å². The molecule has 0 unspecified atom stereocenters. The summed E-state index contributed by atoms with van der Waals surface area (Å²) in [6, 6.07) is 9.31. The Morgan fingerprint density at radius 3 is 2.29 bits per heavy atom. The van der Waals surface area contributed by atoms with Crippen LogP contribution in [-0.4, -0.2) is 52.6 Å². The van der Waals surface area contributed by atoms with Crippen molar-refractivity contribution in [2.24, 2.45) is 0 Å². The number of nitrogens with zero attached hydrogens (tertiary/aromatic N) is 1. The monoisotopic (exact) mass is 481 g/mol. The van der Waals surface area contributed by atoms with Gasteiger partial charge in [-0.3, -0.25) is 9.59 Å². The number of ether oxygens (including phenoxy) is 1. The van der Waals surface area contributed by atoms with Crippen LogP contribution in [0.25, 0.3) is 0 Å². The number of hydrogen-bond donors (Lipinski definition) is 3. The number of hydrogen-bond acceptors (Lipinski definition) is 5. The van der Waals surface area contributed by atoms with Gasteiger partial charge in [-0.05, 0) is 74.6 Å². The summed E-state index contributed by atoms with van der Waals surface area (Å²) < 4.78 is 5.43. The number of amides is 3. The largest absolute Gasteiger partial charge is 0.508 e. The zero-order chi connectivity index (χ0) is 25.9. The highest BCUT2D eigenvalue weighted by molar-refractivity contribution is 5.92. The minimum Gasteiger partial charge on any atom is -0.508 e. The summed E-state index contributed by atoms with van der Waals surface area (Å²) in [5.74, 6) is -0.495. The predicted octanol–water partition coefficient (Wildman–Crippen LogP) is 3.14. The van der Waals surface area contributed by atoms with Crippen LogP contribution in [0, 0.1) is 13.8 Å². The van der Waals surface area contributed by atoms with Crippen molar-refractivity contribution in [3.05, 3.63) is 64.2 Å². The van der Waals surface area contributed by atoms with Crippen molar-refractivity contribution in [3.63, 3.8) is 0 Å². The molecule has 188 valence electrons. The topological polar surface area (TPSA) is 108 Å². The Labute approximate surface area is 206 Å². The third kappa shape index (κ3) is 6.32. The van der Waals surface area contributed by atoms with Crippen LogP contribution in [-0.2, 0) is 33.7 Å². The molecule has 1 aliphatic rings. The Balaban J connectivity index is 1.98. The Bertz CT molecular complexity index is 1100. The average Bonchev–Trinajstić information content (AvgIpc) is 2.77. The van der Waals surface area contributed by atoms with Gasteiger partial charge in [0.05, 0.1) is 0 Å². The SMILES string of the molecule is CNC(=O)[C@@H]1Cc2ccccc2CN1C(=O)[C@H](Cc1c(C)cc(O)cc1C)NC(=O)OC(C)(C)C. The Kier molecular flexibility index (Phi) is 7.73. The number of rotatable bonds is 5. The van der Waals surface area contributed by atoms with Gasteiger partial charge in [0.1, 0.15) is 23.4 Å². The van der Waals surface area contributed by atoms with Crippen LogP contribution in [0.5, 0.6) is 5.75 Å². The second-order valence-electron chi connectivity index (χ2n) is 10.0. The minimum absolute atomic E-state index is 0.138. The van der Waals surface area contributed by atoms with Crippen LogP contribution in [0.3, 0.4) is 0 Å². The van der Waals surface area contributed by atoms with Crippen LogP contribution in [0.2, 0.25) is 0 Å². The van der Waals surface area contributed by atoms with Gasteiger partial charge >= 0.3 is 6.09 Å². The molecule has 8 nitrogen and oxygen atoms in total. The summed E-state index contributed by atoms with van der Waals surface area (Å²) in [5.41, 5.74) is 3.69. The van der Waals surface area contributed by atoms with Crippen molar-refractivity contribution in [3.8, 4) is 5.75 Å². The van der Waals surface area contributed by atoms with Gasteiger partial charge in [0.2, 0.25) is 11.8 Å². The number of alkyl carbamates (subject to hydrolysis) is 1. The standard InChI is InChI=1S/C27H35N3O5/c1-16-11-20(31)12-17(2)21(16)14-22(29-26(34)35-27(3,4)5)25(33)30-15-19-10-8-7-9-18(19)13-23(30)24(32)28-6/h7-12,22-23,31H,13-15H2,1-6H3,(H,28,32)(H,29,34)/t22-,23-/m0/s1. The molecule has 0 bridgehead atoms. The first kappa shape index (κ1) is 26.1. The lowest BCUT2D eigenvalue weighted by Crippen LogP contribution is -2.58. The van der Waals surface area contributed by atoms with E-state index in [1.807, 2.05) is 38.1 Å². The van der Waals surface area contributed by atoms with E-state index in [2.05, 4.69) is 10.6 Å². The van der Waals surface area contributed by atoms with Crippen molar-refractivity contribution in [1.29, 1.82) is 0 Å². The number of likely N-dealkylation sites (N-methyl/N-ethyl adjacent to an activating group) is 1. The maximum atomic E-state index is 14.0. The number of benzene rings is 2. The number of fused-ring (bicyclic) bond motifs is 1. The Hall–Kier alpha value is -3.55. The van der Waals surface area contributed by atoms with Gasteiger partial charge in [0.25, 0.3) is 0 Å². The molecule has 3 rings (SSSR count). The van der Waals surface area contributed by atoms with Crippen LogP contribution in [0.4, 0.5) is 4.79 Å². The normalized spacial score (nSPS) is 16.2. The van der Waals surface area contributed by atoms with E-state index in [0.717, 1.165) is 27.8 Å². The van der Waals surface area contributed by atoms with E-state index in [-0.39, 0.29) is 30.5 Å². The molecule has 0 saturated carbocycles. The lowest BCUT2D eigenvalue weighted by atomic mass is 9.91. The highest BCUT2D eigenvalue weighted by atomic mass is 16.6. The lowest BCUT2D eigenvalue weighted by molar-refractivity contribution is -0.143. The quantitative estimate of drug-likeness (QED) is 0.608. The van der Waals surface area contributed by atoms with Gasteiger partial charge < -0.3 is 25.4 Å². The summed E-state index contributed by atoms with van der Waals surface area (Å²) in [4.78, 5) is 41.0. The van der Waals surface area contributed by atoms with E-state index in [4.69, 9.17) is 4.74 Å². The third-order valence-corrected chi connectivity index (χ3v) is 6.16. The second kappa shape index (κ2) is 10.4. The van der Waals surface area contributed by atoms with Crippen molar-refractivity contribution >= 4 is 17.9 Å². The van der Waals surface area contributed by atoms with E-state index in [9.17, 15) is 19.5 Å². The summed E-state index contributed by atoms with van der Waals surface area (Å²) >= 11 is 0. The molecule has 2 atom stereocenters. The molecule has 0 fully saturated rings. The first-order valence-corrected chi connectivity index (χ1v) is 11.8. The smallest absolute Gasteiger partial charge is 0.408 e. The molecule has 1 aliphatic heterocycles. The predicted molar refractivity (Wildman–Crippen MR) is 133 cm³/mol. The maximum Gasteiger partial charge on any atom is 0.408 e. The van der Waals surface area contributed by atoms with Crippen LogP contribution in [0.15, 0.2) is 36.4 Å². The summed E-state index contributed by atoms with van der Waals surface area (Å²) in [7, 11) is 1.55. The molecule has 8 heteroatoms. The minimum atomic E-state index is -0.968. The molecule has 35 heavy (non-hydrogen) atoms. The number of phenolic OH excluding ortho intramolecular Hbond substituents is 1. The number of aryl methyl sites for hydroxylation is 2. The van der Waals surface area contributed by atoms with E-state index in [1.165, 1.54) is 4.90 Å². The maximum absolute atomic E-state index is 14.0. The molecular formula is C27H35N3O5. The van der Waals surface area contributed by atoms with E-state index in [1.54, 1.807) is 40.0 Å². The average molecular weight is 482 g/mol. The number of aromatic hydroxyl groups is 1. The van der Waals surface area contributed by atoms with E-state index < -0.39 is 23.8 Å². The first-order valence-electron chi connectivity index (χ1n) is 11.8. The fourth-order valence-corrected chi connectivity index (χ4v) is 4.50. The molecule has 0 radical (unpaired) electrons. The van der Waals surface area contributed by atoms with Crippen molar-refractivity contribution < 1.29 is 24.2 Å². The van der Waals surface area contributed by atoms with Gasteiger partial charge in [-0.1, -0.05) is 24.3 Å². The second-order valence-corrected chi connectivity index (χ2v) is 10.0. The molecule has 1 heterocycles. The van der Waals surface area contributed by atoms with Gasteiger partial charge in [-0.25, -0.2) is 4.79 Å². The molecule has 3 amide bonds. The number of carbonyl (C=O) groups excluding carboxylic acids is 3. The zero-order valence-electron chi connectivity index (χ0n) is 21.3. The number of phenols is 1. The molecular weight excluding hydrogens is 446 g/mol. The van der Waals surface area contributed by atoms with E-state index in [0.29, 0.717) is 6.42 Å². The highest BCUT2D eigenvalue weighted by Gasteiger charge is 2.38. The Morgan fingerprint density at radius 2 is 1.71 bits per heavy atom. The third-order valence-electron chi connectivity index (χ3n) is 6.16. The van der Waals surface area contributed by atoms with Crippen LogP contribution >= 0.6 is 0 Å². The van der Waals surface area contributed by atoms with Crippen LogP contribution in [0.1, 0.15) is 48.6 Å². The van der Waals surface area contributed by atoms with Crippen molar-refractivity contribution in [2.75, 3.05) is 7.05 Å². The molecule has 0 saturated heterocycles. The first-order chi connectivity index (χ1) is 16.4. The van der Waals surface area contributed by atoms with Crippen molar-refractivity contribution in [2.45, 2.75) is 71.7 Å². The van der Waals surface area contributed by atoms with E-state index >= 15 is 0 Å². The summed E-state index contributed by atoms with van der Waals surface area (Å²) in [6.45, 7) is 9.21. The Morgan fingerprint density at radius 1 is 1.11 bits per heavy atom. The number of nitrogens with one attached hydrogen (secondary N) is 2. The van der Waals surface area contributed by atoms with Gasteiger partial charge in [-0.15, -0.1) is 0 Å². The lowest BCUT2D eigenvalue weighted by Gasteiger charge is -2.38. The molecule has 0 spiro atoms. The fraction of sp³-hybridized carbons (Fsp3) is 0.444. The van der Waals surface area contributed by atoms with Gasteiger partial charge in [-0.2, -0.15) is 0 Å². The summed E-state index contributed by atoms with van der Waals surface area (Å²) in [5, 5.41) is 15.4.